The van der Waals surface area contributed by atoms with Gasteiger partial charge in [-0.15, -0.1) is 0 Å². The standard InChI is InChI=1S/C12H24N2O2/c1-4-11(10(2)3)13-9-12(15)14-5-7-16-8-6-14/h10-11,13H,4-9H2,1-3H3. The summed E-state index contributed by atoms with van der Waals surface area (Å²) in [6.07, 6.45) is 1.06. The predicted octanol–water partition coefficient (Wildman–Crippen LogP) is 0.869. The second-order valence-corrected chi connectivity index (χ2v) is 4.63. The molecule has 0 aromatic rings. The molecule has 16 heavy (non-hydrogen) atoms. The van der Waals surface area contributed by atoms with Crippen LogP contribution in [-0.2, 0) is 9.53 Å². The highest BCUT2D eigenvalue weighted by Crippen LogP contribution is 2.05. The van der Waals surface area contributed by atoms with Gasteiger partial charge in [-0.05, 0) is 12.3 Å². The van der Waals surface area contributed by atoms with Crippen molar-refractivity contribution in [1.29, 1.82) is 0 Å². The van der Waals surface area contributed by atoms with Crippen LogP contribution in [0.3, 0.4) is 0 Å². The molecule has 1 unspecified atom stereocenters. The Morgan fingerprint density at radius 2 is 2.00 bits per heavy atom. The van der Waals surface area contributed by atoms with Gasteiger partial charge in [-0.3, -0.25) is 4.79 Å². The summed E-state index contributed by atoms with van der Waals surface area (Å²) in [5.74, 6) is 0.768. The molecule has 1 rings (SSSR count). The maximum atomic E-state index is 11.8. The van der Waals surface area contributed by atoms with E-state index in [0.717, 1.165) is 19.5 Å². The first kappa shape index (κ1) is 13.5. The third-order valence-corrected chi connectivity index (χ3v) is 3.12. The molecule has 0 aliphatic carbocycles. The number of ether oxygens (including phenoxy) is 1. The van der Waals surface area contributed by atoms with Crippen LogP contribution in [0.25, 0.3) is 0 Å². The van der Waals surface area contributed by atoms with Crippen LogP contribution in [0.2, 0.25) is 0 Å². The van der Waals surface area contributed by atoms with Gasteiger partial charge in [0.25, 0.3) is 0 Å². The molecular weight excluding hydrogens is 204 g/mol. The van der Waals surface area contributed by atoms with E-state index in [1.807, 2.05) is 4.90 Å². The van der Waals surface area contributed by atoms with Gasteiger partial charge in [0.05, 0.1) is 19.8 Å². The quantitative estimate of drug-likeness (QED) is 0.759. The van der Waals surface area contributed by atoms with E-state index in [0.29, 0.717) is 31.7 Å². The van der Waals surface area contributed by atoms with Crippen LogP contribution in [0.5, 0.6) is 0 Å². The fraction of sp³-hybridized carbons (Fsp3) is 0.917. The van der Waals surface area contributed by atoms with Gasteiger partial charge in [-0.1, -0.05) is 20.8 Å². The Morgan fingerprint density at radius 1 is 1.38 bits per heavy atom. The highest BCUT2D eigenvalue weighted by Gasteiger charge is 2.18. The zero-order valence-electron chi connectivity index (χ0n) is 10.7. The summed E-state index contributed by atoms with van der Waals surface area (Å²) >= 11 is 0. The van der Waals surface area contributed by atoms with Crippen molar-refractivity contribution in [3.8, 4) is 0 Å². The van der Waals surface area contributed by atoms with Gasteiger partial charge in [-0.2, -0.15) is 0 Å². The zero-order valence-corrected chi connectivity index (χ0v) is 10.7. The molecule has 0 radical (unpaired) electrons. The third kappa shape index (κ3) is 4.10. The van der Waals surface area contributed by atoms with Crippen molar-refractivity contribution in [2.75, 3.05) is 32.8 Å². The molecule has 1 aliphatic rings. The normalized spacial score (nSPS) is 18.9. The maximum absolute atomic E-state index is 11.8. The largest absolute Gasteiger partial charge is 0.378 e. The van der Waals surface area contributed by atoms with Crippen molar-refractivity contribution in [3.05, 3.63) is 0 Å². The molecule has 1 heterocycles. The van der Waals surface area contributed by atoms with E-state index in [9.17, 15) is 4.79 Å². The minimum absolute atomic E-state index is 0.197. The summed E-state index contributed by atoms with van der Waals surface area (Å²) in [6, 6.07) is 0.435. The topological polar surface area (TPSA) is 41.6 Å². The second-order valence-electron chi connectivity index (χ2n) is 4.63. The first-order chi connectivity index (χ1) is 7.65. The Labute approximate surface area is 98.3 Å². The lowest BCUT2D eigenvalue weighted by molar-refractivity contribution is -0.134. The average molecular weight is 228 g/mol. The third-order valence-electron chi connectivity index (χ3n) is 3.12. The van der Waals surface area contributed by atoms with E-state index in [-0.39, 0.29) is 5.91 Å². The summed E-state index contributed by atoms with van der Waals surface area (Å²) in [7, 11) is 0. The van der Waals surface area contributed by atoms with Gasteiger partial charge in [0, 0.05) is 19.1 Å². The monoisotopic (exact) mass is 228 g/mol. The molecule has 1 atom stereocenters. The van der Waals surface area contributed by atoms with Crippen LogP contribution < -0.4 is 5.32 Å². The molecule has 0 bridgehead atoms. The molecule has 4 heteroatoms. The highest BCUT2D eigenvalue weighted by atomic mass is 16.5. The zero-order chi connectivity index (χ0) is 12.0. The Hall–Kier alpha value is -0.610. The van der Waals surface area contributed by atoms with Gasteiger partial charge in [0.15, 0.2) is 0 Å². The molecular formula is C12H24N2O2. The van der Waals surface area contributed by atoms with E-state index in [1.165, 1.54) is 0 Å². The second kappa shape index (κ2) is 6.86. The number of hydrogen-bond donors (Lipinski definition) is 1. The molecule has 0 saturated carbocycles. The average Bonchev–Trinajstić information content (AvgIpc) is 2.30. The number of nitrogens with zero attached hydrogens (tertiary/aromatic N) is 1. The fourth-order valence-corrected chi connectivity index (χ4v) is 1.99. The van der Waals surface area contributed by atoms with Gasteiger partial charge < -0.3 is 15.0 Å². The van der Waals surface area contributed by atoms with E-state index in [4.69, 9.17) is 4.74 Å². The van der Waals surface area contributed by atoms with Crippen molar-refractivity contribution in [2.24, 2.45) is 5.92 Å². The summed E-state index contributed by atoms with van der Waals surface area (Å²) in [6.45, 7) is 9.78. The summed E-state index contributed by atoms with van der Waals surface area (Å²) in [5, 5.41) is 3.33. The number of morpholine rings is 1. The maximum Gasteiger partial charge on any atom is 0.236 e. The molecule has 94 valence electrons. The number of carbonyl (C=O) groups is 1. The molecule has 1 amide bonds. The molecule has 1 fully saturated rings. The smallest absolute Gasteiger partial charge is 0.236 e. The Balaban J connectivity index is 2.27. The van der Waals surface area contributed by atoms with Crippen LogP contribution >= 0.6 is 0 Å². The van der Waals surface area contributed by atoms with E-state index in [1.54, 1.807) is 0 Å². The van der Waals surface area contributed by atoms with Crippen molar-refractivity contribution in [1.82, 2.24) is 10.2 Å². The molecule has 0 aromatic carbocycles. The molecule has 1 N–H and O–H groups in total. The van der Waals surface area contributed by atoms with E-state index >= 15 is 0 Å². The number of amides is 1. The lowest BCUT2D eigenvalue weighted by atomic mass is 10.0. The van der Waals surface area contributed by atoms with Gasteiger partial charge in [0.1, 0.15) is 0 Å². The molecule has 4 nitrogen and oxygen atoms in total. The molecule has 1 saturated heterocycles. The first-order valence-electron chi connectivity index (χ1n) is 6.24. The Morgan fingerprint density at radius 3 is 2.50 bits per heavy atom. The number of carbonyl (C=O) groups excluding carboxylic acids is 1. The van der Waals surface area contributed by atoms with Crippen LogP contribution in [0.1, 0.15) is 27.2 Å². The van der Waals surface area contributed by atoms with Gasteiger partial charge in [0.2, 0.25) is 5.91 Å². The van der Waals surface area contributed by atoms with Crippen LogP contribution in [0.15, 0.2) is 0 Å². The lowest BCUT2D eigenvalue weighted by Gasteiger charge is -2.28. The van der Waals surface area contributed by atoms with Crippen molar-refractivity contribution in [3.63, 3.8) is 0 Å². The van der Waals surface area contributed by atoms with Gasteiger partial charge >= 0.3 is 0 Å². The van der Waals surface area contributed by atoms with Crippen LogP contribution in [0.4, 0.5) is 0 Å². The first-order valence-corrected chi connectivity index (χ1v) is 6.24. The number of rotatable bonds is 5. The summed E-state index contributed by atoms with van der Waals surface area (Å²) in [4.78, 5) is 13.7. The fourth-order valence-electron chi connectivity index (χ4n) is 1.99. The highest BCUT2D eigenvalue weighted by molar-refractivity contribution is 5.78. The van der Waals surface area contributed by atoms with Crippen molar-refractivity contribution >= 4 is 5.91 Å². The SMILES string of the molecule is CCC(NCC(=O)N1CCOCC1)C(C)C. The van der Waals surface area contributed by atoms with Gasteiger partial charge in [-0.25, -0.2) is 0 Å². The van der Waals surface area contributed by atoms with Crippen molar-refractivity contribution in [2.45, 2.75) is 33.2 Å². The number of nitrogens with one attached hydrogen (secondary N) is 1. The van der Waals surface area contributed by atoms with Crippen LogP contribution in [-0.4, -0.2) is 49.7 Å². The Kier molecular flexibility index (Phi) is 5.77. The molecule has 1 aliphatic heterocycles. The van der Waals surface area contributed by atoms with E-state index in [2.05, 4.69) is 26.1 Å². The molecule has 0 spiro atoms. The van der Waals surface area contributed by atoms with Crippen LogP contribution in [0, 0.1) is 5.92 Å². The predicted molar refractivity (Wildman–Crippen MR) is 64.3 cm³/mol. The van der Waals surface area contributed by atoms with E-state index < -0.39 is 0 Å². The summed E-state index contributed by atoms with van der Waals surface area (Å²) < 4.78 is 5.22. The summed E-state index contributed by atoms with van der Waals surface area (Å²) in [5.41, 5.74) is 0. The van der Waals surface area contributed by atoms with Crippen molar-refractivity contribution < 1.29 is 9.53 Å². The lowest BCUT2D eigenvalue weighted by Crippen LogP contribution is -2.47. The molecule has 0 aromatic heterocycles. The Bertz CT molecular complexity index is 213. The number of hydrogen-bond acceptors (Lipinski definition) is 3. The minimum Gasteiger partial charge on any atom is -0.378 e. The minimum atomic E-state index is 0.197.